The van der Waals surface area contributed by atoms with Gasteiger partial charge in [0, 0.05) is 15.6 Å². The maximum Gasteiger partial charge on any atom is 0.337 e. The van der Waals surface area contributed by atoms with Crippen molar-refractivity contribution < 1.29 is 9.53 Å². The number of fused-ring (bicyclic) bond motifs is 1. The van der Waals surface area contributed by atoms with Crippen molar-refractivity contribution in [2.75, 3.05) is 7.11 Å². The minimum Gasteiger partial charge on any atom is -0.465 e. The van der Waals surface area contributed by atoms with Gasteiger partial charge < -0.3 is 4.74 Å². The molecule has 0 aliphatic heterocycles. The first-order valence-corrected chi connectivity index (χ1v) is 7.42. The van der Waals surface area contributed by atoms with Gasteiger partial charge in [0.15, 0.2) is 0 Å². The van der Waals surface area contributed by atoms with E-state index < -0.39 is 0 Å². The summed E-state index contributed by atoms with van der Waals surface area (Å²) in [5.41, 5.74) is 2.28. The lowest BCUT2D eigenvalue weighted by Crippen LogP contribution is -2.00. The smallest absolute Gasteiger partial charge is 0.337 e. The van der Waals surface area contributed by atoms with Crippen molar-refractivity contribution in [2.45, 2.75) is 0 Å². The Morgan fingerprint density at radius 3 is 2.23 bits per heavy atom. The number of ether oxygens (including phenoxy) is 1. The summed E-state index contributed by atoms with van der Waals surface area (Å²) in [5.74, 6) is -0.347. The van der Waals surface area contributed by atoms with Gasteiger partial charge in [-0.25, -0.2) is 4.79 Å². The van der Waals surface area contributed by atoms with Gasteiger partial charge in [0.1, 0.15) is 0 Å². The van der Waals surface area contributed by atoms with E-state index >= 15 is 0 Å². The molecule has 0 bridgehead atoms. The number of esters is 1. The van der Waals surface area contributed by atoms with Gasteiger partial charge in [-0.3, -0.25) is 0 Å². The second kappa shape index (κ2) is 5.99. The first kappa shape index (κ1) is 14.9. The fourth-order valence-electron chi connectivity index (χ4n) is 2.42. The molecule has 22 heavy (non-hydrogen) atoms. The normalized spacial score (nSPS) is 10.7. The fraction of sp³-hybridized carbons (Fsp3) is 0.0556. The van der Waals surface area contributed by atoms with Crippen LogP contribution in [0.2, 0.25) is 10.0 Å². The number of rotatable bonds is 2. The van der Waals surface area contributed by atoms with Gasteiger partial charge in [-0.1, -0.05) is 47.5 Å². The number of hydrogen-bond donors (Lipinski definition) is 0. The summed E-state index contributed by atoms with van der Waals surface area (Å²) < 4.78 is 4.74. The minimum absolute atomic E-state index is 0.347. The Hall–Kier alpha value is -2.03. The van der Waals surface area contributed by atoms with E-state index in [1.54, 1.807) is 12.1 Å². The second-order valence-electron chi connectivity index (χ2n) is 4.86. The Balaban J connectivity index is 2.13. The first-order chi connectivity index (χ1) is 10.6. The summed E-state index contributed by atoms with van der Waals surface area (Å²) in [4.78, 5) is 11.6. The average molecular weight is 331 g/mol. The molecule has 0 unspecified atom stereocenters. The van der Waals surface area contributed by atoms with Gasteiger partial charge in [-0.2, -0.15) is 0 Å². The van der Waals surface area contributed by atoms with Crippen LogP contribution in [0.3, 0.4) is 0 Å². The Morgan fingerprint density at radius 1 is 0.909 bits per heavy atom. The third-order valence-electron chi connectivity index (χ3n) is 3.51. The van der Waals surface area contributed by atoms with Crippen LogP contribution in [0, 0.1) is 0 Å². The summed E-state index contributed by atoms with van der Waals surface area (Å²) in [5, 5.41) is 3.17. The Morgan fingerprint density at radius 2 is 1.55 bits per heavy atom. The lowest BCUT2D eigenvalue weighted by Gasteiger charge is -2.09. The van der Waals surface area contributed by atoms with Crippen LogP contribution < -0.4 is 0 Å². The zero-order valence-electron chi connectivity index (χ0n) is 11.8. The zero-order valence-corrected chi connectivity index (χ0v) is 13.3. The van der Waals surface area contributed by atoms with Crippen molar-refractivity contribution in [1.82, 2.24) is 0 Å². The van der Waals surface area contributed by atoms with Crippen molar-refractivity contribution in [3.63, 3.8) is 0 Å². The highest BCUT2D eigenvalue weighted by atomic mass is 35.5. The molecule has 0 N–H and O–H groups in total. The fourth-order valence-corrected chi connectivity index (χ4v) is 3.04. The number of halogens is 2. The Kier molecular flexibility index (Phi) is 4.06. The SMILES string of the molecule is COC(=O)c1ccc2cc(-c3c(Cl)cccc3Cl)ccc2c1. The van der Waals surface area contributed by atoms with E-state index in [0.717, 1.165) is 21.9 Å². The molecule has 3 aromatic rings. The third-order valence-corrected chi connectivity index (χ3v) is 4.14. The largest absolute Gasteiger partial charge is 0.465 e. The third kappa shape index (κ3) is 2.68. The monoisotopic (exact) mass is 330 g/mol. The van der Waals surface area contributed by atoms with Crippen LogP contribution in [0.4, 0.5) is 0 Å². The highest BCUT2D eigenvalue weighted by Gasteiger charge is 2.10. The predicted octanol–water partition coefficient (Wildman–Crippen LogP) is 5.60. The molecule has 4 heteroatoms. The van der Waals surface area contributed by atoms with E-state index in [9.17, 15) is 4.79 Å². The number of hydrogen-bond acceptors (Lipinski definition) is 2. The number of carbonyl (C=O) groups excluding carboxylic acids is 1. The Bertz CT molecular complexity index is 852. The molecule has 0 spiro atoms. The van der Waals surface area contributed by atoms with E-state index in [1.807, 2.05) is 42.5 Å². The lowest BCUT2D eigenvalue weighted by atomic mass is 10.00. The summed E-state index contributed by atoms with van der Waals surface area (Å²) in [6.07, 6.45) is 0. The Labute approximate surface area is 138 Å². The highest BCUT2D eigenvalue weighted by molar-refractivity contribution is 6.39. The molecule has 0 fully saturated rings. The molecule has 110 valence electrons. The number of benzene rings is 3. The van der Waals surface area contributed by atoms with Crippen molar-refractivity contribution >= 4 is 39.9 Å². The standard InChI is InChI=1S/C18H12Cl2O2/c1-22-18(21)14-8-6-11-9-13(7-5-12(11)10-14)17-15(19)3-2-4-16(17)20/h2-10H,1H3. The molecule has 0 aliphatic rings. The van der Waals surface area contributed by atoms with Gasteiger partial charge in [0.2, 0.25) is 0 Å². The molecule has 3 aromatic carbocycles. The number of methoxy groups -OCH3 is 1. The van der Waals surface area contributed by atoms with Crippen LogP contribution in [0.25, 0.3) is 21.9 Å². The zero-order chi connectivity index (χ0) is 15.7. The quantitative estimate of drug-likeness (QED) is 0.571. The van der Waals surface area contributed by atoms with Crippen LogP contribution >= 0.6 is 23.2 Å². The van der Waals surface area contributed by atoms with Crippen molar-refractivity contribution in [3.8, 4) is 11.1 Å². The summed E-state index contributed by atoms with van der Waals surface area (Å²) in [6, 6.07) is 16.8. The molecule has 0 radical (unpaired) electrons. The average Bonchev–Trinajstić information content (AvgIpc) is 2.53. The maximum absolute atomic E-state index is 11.6. The molecule has 0 saturated carbocycles. The number of carbonyl (C=O) groups is 1. The molecule has 2 nitrogen and oxygen atoms in total. The molecular weight excluding hydrogens is 319 g/mol. The van der Waals surface area contributed by atoms with Crippen molar-refractivity contribution in [3.05, 3.63) is 70.2 Å². The highest BCUT2D eigenvalue weighted by Crippen LogP contribution is 2.36. The second-order valence-corrected chi connectivity index (χ2v) is 5.68. The van der Waals surface area contributed by atoms with Crippen molar-refractivity contribution in [2.24, 2.45) is 0 Å². The molecule has 0 atom stereocenters. The van der Waals surface area contributed by atoms with Gasteiger partial charge in [0.25, 0.3) is 0 Å². The molecule has 0 aromatic heterocycles. The van der Waals surface area contributed by atoms with Crippen LogP contribution in [0.5, 0.6) is 0 Å². The van der Waals surface area contributed by atoms with Gasteiger partial charge >= 0.3 is 5.97 Å². The van der Waals surface area contributed by atoms with E-state index in [2.05, 4.69) is 0 Å². The summed E-state index contributed by atoms with van der Waals surface area (Å²) in [6.45, 7) is 0. The lowest BCUT2D eigenvalue weighted by molar-refractivity contribution is 0.0601. The predicted molar refractivity (Wildman–Crippen MR) is 90.7 cm³/mol. The van der Waals surface area contributed by atoms with E-state index in [0.29, 0.717) is 15.6 Å². The minimum atomic E-state index is -0.347. The van der Waals surface area contributed by atoms with Gasteiger partial charge in [0.05, 0.1) is 12.7 Å². The van der Waals surface area contributed by atoms with E-state index in [1.165, 1.54) is 7.11 Å². The van der Waals surface area contributed by atoms with Gasteiger partial charge in [-0.15, -0.1) is 0 Å². The summed E-state index contributed by atoms with van der Waals surface area (Å²) >= 11 is 12.5. The van der Waals surface area contributed by atoms with Crippen molar-refractivity contribution in [1.29, 1.82) is 0 Å². The van der Waals surface area contributed by atoms with Crippen LogP contribution in [0.1, 0.15) is 10.4 Å². The first-order valence-electron chi connectivity index (χ1n) is 6.66. The van der Waals surface area contributed by atoms with Crippen LogP contribution in [0.15, 0.2) is 54.6 Å². The summed E-state index contributed by atoms with van der Waals surface area (Å²) in [7, 11) is 1.37. The van der Waals surface area contributed by atoms with E-state index in [-0.39, 0.29) is 5.97 Å². The molecular formula is C18H12Cl2O2. The molecule has 0 amide bonds. The maximum atomic E-state index is 11.6. The van der Waals surface area contributed by atoms with Gasteiger partial charge in [-0.05, 0) is 46.7 Å². The van der Waals surface area contributed by atoms with Crippen LogP contribution in [-0.2, 0) is 4.74 Å². The topological polar surface area (TPSA) is 26.3 Å². The molecule has 3 rings (SSSR count). The molecule has 0 heterocycles. The molecule has 0 saturated heterocycles. The van der Waals surface area contributed by atoms with E-state index in [4.69, 9.17) is 27.9 Å². The van der Waals surface area contributed by atoms with Crippen LogP contribution in [-0.4, -0.2) is 13.1 Å². The molecule has 0 aliphatic carbocycles.